The number of likely N-dealkylation sites (N-methyl/N-ethyl adjacent to an activating group) is 2. The molecule has 4 N–H and O–H groups in total. The van der Waals surface area contributed by atoms with Gasteiger partial charge in [-0.2, -0.15) is 0 Å². The Labute approximate surface area is 304 Å². The summed E-state index contributed by atoms with van der Waals surface area (Å²) in [5.41, 5.74) is 7.73. The van der Waals surface area contributed by atoms with Crippen LogP contribution < -0.4 is 0 Å². The number of allylic oxidation sites excluding steroid dienone is 1. The number of aromatic nitrogens is 2. The van der Waals surface area contributed by atoms with E-state index in [1.807, 2.05) is 12.1 Å². The molecule has 0 amide bonds. The number of benzene rings is 2. The highest BCUT2D eigenvalue weighted by atomic mass is 16.7. The van der Waals surface area contributed by atoms with Crippen molar-refractivity contribution >= 4 is 27.8 Å². The molecule has 0 unspecified atom stereocenters. The Morgan fingerprint density at radius 1 is 1.13 bits per heavy atom. The smallest absolute Gasteiger partial charge is 0.316 e. The minimum absolute atomic E-state index is 0.0856. The summed E-state index contributed by atoms with van der Waals surface area (Å²) in [4.78, 5) is 24.4. The fraction of sp³-hybridized carbons (Fsp3) is 0.548. The highest BCUT2D eigenvalue weighted by Crippen LogP contribution is 2.67. The Balaban J connectivity index is 1.21. The summed E-state index contributed by atoms with van der Waals surface area (Å²) in [6.45, 7) is 6.69. The largest absolute Gasteiger partial charge is 0.508 e. The predicted molar refractivity (Wildman–Crippen MR) is 197 cm³/mol. The molecule has 1 spiro atoms. The number of methoxy groups -OCH3 is 1. The molecule has 0 radical (unpaired) electrons. The number of aliphatic hydroxyl groups excluding tert-OH is 1. The average Bonchev–Trinajstić information content (AvgIpc) is 3.45. The van der Waals surface area contributed by atoms with Crippen LogP contribution in [-0.2, 0) is 31.8 Å². The zero-order chi connectivity index (χ0) is 35.9. The van der Waals surface area contributed by atoms with Gasteiger partial charge in [0.1, 0.15) is 35.6 Å². The Bertz CT molecular complexity index is 2170. The van der Waals surface area contributed by atoms with Crippen LogP contribution in [0.1, 0.15) is 73.1 Å². The summed E-state index contributed by atoms with van der Waals surface area (Å²) < 4.78 is 19.8. The Hall–Kier alpha value is -3.67. The lowest BCUT2D eigenvalue weighted by atomic mass is 9.54. The van der Waals surface area contributed by atoms with Gasteiger partial charge in [-0.1, -0.05) is 24.3 Å². The number of aromatic hydroxyl groups is 1. The number of fused-ring (bicyclic) bond motifs is 9. The van der Waals surface area contributed by atoms with Crippen LogP contribution in [0.15, 0.2) is 48.0 Å². The lowest BCUT2D eigenvalue weighted by molar-refractivity contribution is -0.942. The van der Waals surface area contributed by atoms with Gasteiger partial charge in [0.05, 0.1) is 39.1 Å². The number of H-pyrrole nitrogens is 2. The first-order valence-electron chi connectivity index (χ1n) is 19.3. The molecule has 10 heteroatoms. The molecule has 8 heterocycles. The highest BCUT2D eigenvalue weighted by Gasteiger charge is 2.80. The molecule has 11 rings (SSSR count). The quantitative estimate of drug-likeness (QED) is 0.0966. The number of aliphatic hydroxyl groups is 1. The Morgan fingerprint density at radius 2 is 1.92 bits per heavy atom. The number of epoxide rings is 1. The van der Waals surface area contributed by atoms with Crippen molar-refractivity contribution in [2.45, 2.75) is 81.9 Å². The molecule has 4 bridgehead atoms. The predicted octanol–water partition coefficient (Wildman–Crippen LogP) is 5.43. The number of carbonyl (C=O) groups excluding carboxylic acids is 1. The summed E-state index contributed by atoms with van der Waals surface area (Å²) in [6, 6.07) is 12.5. The van der Waals surface area contributed by atoms with Crippen LogP contribution in [0.5, 0.6) is 5.75 Å². The van der Waals surface area contributed by atoms with Crippen LogP contribution in [0.25, 0.3) is 21.8 Å². The van der Waals surface area contributed by atoms with Crippen LogP contribution >= 0.6 is 0 Å². The van der Waals surface area contributed by atoms with Crippen molar-refractivity contribution in [1.82, 2.24) is 14.9 Å². The van der Waals surface area contributed by atoms with Crippen molar-refractivity contribution < 1.29 is 33.7 Å². The number of nitrogens with one attached hydrogen (secondary N) is 2. The molecule has 5 fully saturated rings. The minimum atomic E-state index is -0.952. The van der Waals surface area contributed by atoms with E-state index in [1.165, 1.54) is 29.5 Å². The topological polar surface area (TPSA) is 123 Å². The van der Waals surface area contributed by atoms with Gasteiger partial charge in [-0.05, 0) is 81.0 Å². The summed E-state index contributed by atoms with van der Waals surface area (Å²) in [6.07, 6.45) is 5.79. The number of rotatable bonds is 4. The van der Waals surface area contributed by atoms with Crippen molar-refractivity contribution in [2.75, 3.05) is 47.5 Å². The lowest BCUT2D eigenvalue weighted by Crippen LogP contribution is -2.77. The summed E-state index contributed by atoms with van der Waals surface area (Å²) >= 11 is 0. The number of nitrogens with zero attached hydrogens (tertiary/aromatic N) is 2. The zero-order valence-corrected chi connectivity index (χ0v) is 30.9. The molecule has 2 aromatic heterocycles. The maximum absolute atomic E-state index is 14.4. The van der Waals surface area contributed by atoms with Gasteiger partial charge in [0.2, 0.25) is 0 Å². The van der Waals surface area contributed by atoms with Crippen molar-refractivity contribution in [1.29, 1.82) is 0 Å². The van der Waals surface area contributed by atoms with Gasteiger partial charge >= 0.3 is 5.97 Å². The number of phenolic OH excluding ortho intramolecular Hbond substituents is 1. The standard InChI is InChI=1S/C42H50N4O6/c1-6-23-20-46(4)15-13-26-35-30(44-38(26)31(46)17-24(23)14-16-47)11-12-32(48)36(35)28-18-33-41(40(49)50-5)21-51-39(42(33)22(2)52-42)45(3)34(41)19-27-25-9-7-8-10-29(25)43-37(27)28/h6-12,22,24,28,31,33-34,39,43-44,47H,13-21H2,1-5H3/p+1/b23-6-/t22-,24-,28+,31-,33-,34-,39-,41-,42-,46+/m0/s1. The van der Waals surface area contributed by atoms with Crippen molar-refractivity contribution in [3.63, 3.8) is 0 Å². The SMILES string of the molecule is C/C=C1/C[N@@+]2(C)CCc3c([nH]c4ccc(O)c([C@H]5C[C@H]6[C@@]7(C(=O)OC)CO[C@H](N(C)[C@H]7Cc7c5[nH]c5ccccc75)[C@@]65O[C@H]5C)c34)[C@@H]2C[C@@H]1CCO. The molecule has 6 aliphatic heterocycles. The number of ether oxygens (including phenoxy) is 3. The maximum atomic E-state index is 14.4. The number of hydrogen-bond donors (Lipinski definition) is 4. The molecular weight excluding hydrogens is 656 g/mol. The van der Waals surface area contributed by atoms with E-state index in [-0.39, 0.29) is 61.2 Å². The van der Waals surface area contributed by atoms with Gasteiger partial charge in [0.25, 0.3) is 0 Å². The molecule has 10 nitrogen and oxygen atoms in total. The molecule has 52 heavy (non-hydrogen) atoms. The van der Waals surface area contributed by atoms with Gasteiger partial charge in [-0.15, -0.1) is 0 Å². The number of phenols is 1. The first kappa shape index (κ1) is 32.9. The number of aromatic amines is 2. The first-order valence-corrected chi connectivity index (χ1v) is 19.3. The van der Waals surface area contributed by atoms with E-state index in [0.717, 1.165) is 69.9 Å². The molecule has 2 aromatic carbocycles. The maximum Gasteiger partial charge on any atom is 0.316 e. The van der Waals surface area contributed by atoms with Crippen LogP contribution in [0.4, 0.5) is 0 Å². The lowest BCUT2D eigenvalue weighted by Gasteiger charge is -2.62. The van der Waals surface area contributed by atoms with E-state index in [2.05, 4.69) is 73.2 Å². The average molecular weight is 708 g/mol. The van der Waals surface area contributed by atoms with E-state index < -0.39 is 11.0 Å². The monoisotopic (exact) mass is 707 g/mol. The number of quaternary nitrogens is 1. The third kappa shape index (κ3) is 4.05. The van der Waals surface area contributed by atoms with Crippen LogP contribution in [0.2, 0.25) is 0 Å². The van der Waals surface area contributed by atoms with Crippen LogP contribution in [-0.4, -0.2) is 107 Å². The summed E-state index contributed by atoms with van der Waals surface area (Å²) in [7, 11) is 5.96. The third-order valence-corrected chi connectivity index (χ3v) is 14.9. The number of piperidine rings is 2. The Morgan fingerprint density at radius 3 is 2.67 bits per heavy atom. The summed E-state index contributed by atoms with van der Waals surface area (Å²) in [5.74, 6) is -0.0693. The molecule has 5 saturated heterocycles. The fourth-order valence-electron chi connectivity index (χ4n) is 12.4. The van der Waals surface area contributed by atoms with Crippen molar-refractivity contribution in [3.8, 4) is 5.75 Å². The van der Waals surface area contributed by atoms with E-state index >= 15 is 0 Å². The second-order valence-electron chi connectivity index (χ2n) is 17.0. The van der Waals surface area contributed by atoms with Crippen LogP contribution in [0, 0.1) is 17.3 Å². The fourth-order valence-corrected chi connectivity index (χ4v) is 12.4. The Kier molecular flexibility index (Phi) is 7.08. The normalized spacial score (nSPS) is 38.6. The molecule has 1 aliphatic carbocycles. The van der Waals surface area contributed by atoms with E-state index in [4.69, 9.17) is 14.2 Å². The third-order valence-electron chi connectivity index (χ3n) is 14.9. The first-order chi connectivity index (χ1) is 25.1. The molecular formula is C42H51N4O6+. The van der Waals surface area contributed by atoms with Gasteiger partial charge in [-0.3, -0.25) is 9.69 Å². The molecule has 7 aliphatic rings. The second kappa shape index (κ2) is 11.2. The van der Waals surface area contributed by atoms with Gasteiger partial charge < -0.3 is 38.9 Å². The minimum Gasteiger partial charge on any atom is -0.508 e. The van der Waals surface area contributed by atoms with Gasteiger partial charge in [0.15, 0.2) is 0 Å². The van der Waals surface area contributed by atoms with E-state index in [9.17, 15) is 15.0 Å². The van der Waals surface area contributed by atoms with Gasteiger partial charge in [0, 0.05) is 70.4 Å². The molecule has 4 aromatic rings. The summed E-state index contributed by atoms with van der Waals surface area (Å²) in [5, 5.41) is 24.5. The van der Waals surface area contributed by atoms with E-state index in [1.54, 1.807) is 0 Å². The number of para-hydroxylation sites is 1. The van der Waals surface area contributed by atoms with Crippen molar-refractivity contribution in [2.24, 2.45) is 17.3 Å². The van der Waals surface area contributed by atoms with Gasteiger partial charge in [-0.25, -0.2) is 0 Å². The number of hydrogen-bond acceptors (Lipinski definition) is 7. The highest BCUT2D eigenvalue weighted by molar-refractivity contribution is 5.92. The number of carbonyl (C=O) groups is 1. The number of esters is 1. The van der Waals surface area contributed by atoms with E-state index in [0.29, 0.717) is 18.8 Å². The van der Waals surface area contributed by atoms with Crippen molar-refractivity contribution in [3.05, 3.63) is 76.1 Å². The molecule has 0 saturated carbocycles. The molecule has 274 valence electrons. The molecule has 10 atom stereocenters. The zero-order valence-electron chi connectivity index (χ0n) is 30.9. The van der Waals surface area contributed by atoms with Crippen LogP contribution in [0.3, 0.4) is 0 Å². The second-order valence-corrected chi connectivity index (χ2v) is 17.0.